The summed E-state index contributed by atoms with van der Waals surface area (Å²) in [5.74, 6) is 0.0406. The van der Waals surface area contributed by atoms with Crippen LogP contribution in [0.1, 0.15) is 33.1 Å². The van der Waals surface area contributed by atoms with Crippen molar-refractivity contribution in [3.8, 4) is 0 Å². The Hall–Kier alpha value is -0.650. The number of carbonyl (C=O) groups excluding carboxylic acids is 1. The first-order valence-electron chi connectivity index (χ1n) is 6.79. The molecule has 18 heavy (non-hydrogen) atoms. The number of nitrogens with one attached hydrogen (secondary N) is 1. The molecule has 0 radical (unpaired) electrons. The molecule has 108 valence electrons. The molecule has 0 heterocycles. The first-order chi connectivity index (χ1) is 8.64. The second kappa shape index (κ2) is 10.3. The zero-order valence-electron chi connectivity index (χ0n) is 12.2. The van der Waals surface area contributed by atoms with Gasteiger partial charge in [0.1, 0.15) is 0 Å². The van der Waals surface area contributed by atoms with Gasteiger partial charge in [0.25, 0.3) is 0 Å². The molecule has 1 unspecified atom stereocenters. The van der Waals surface area contributed by atoms with E-state index in [0.717, 1.165) is 19.4 Å². The highest BCUT2D eigenvalue weighted by atomic mass is 16.5. The lowest BCUT2D eigenvalue weighted by molar-refractivity contribution is -0.122. The molecule has 0 rings (SSSR count). The van der Waals surface area contributed by atoms with E-state index in [4.69, 9.17) is 10.5 Å². The summed E-state index contributed by atoms with van der Waals surface area (Å²) in [5, 5.41) is 2.66. The number of methoxy groups -OCH3 is 1. The topological polar surface area (TPSA) is 67.6 Å². The van der Waals surface area contributed by atoms with Crippen molar-refractivity contribution < 1.29 is 9.53 Å². The van der Waals surface area contributed by atoms with Gasteiger partial charge in [-0.15, -0.1) is 0 Å². The van der Waals surface area contributed by atoms with Crippen molar-refractivity contribution in [3.05, 3.63) is 0 Å². The quantitative estimate of drug-likeness (QED) is 0.602. The van der Waals surface area contributed by atoms with Crippen LogP contribution in [0.5, 0.6) is 0 Å². The second-order valence-corrected chi connectivity index (χ2v) is 4.47. The van der Waals surface area contributed by atoms with Crippen molar-refractivity contribution in [2.24, 2.45) is 5.73 Å². The van der Waals surface area contributed by atoms with Crippen molar-refractivity contribution in [3.63, 3.8) is 0 Å². The zero-order valence-corrected chi connectivity index (χ0v) is 12.2. The van der Waals surface area contributed by atoms with Gasteiger partial charge in [-0.3, -0.25) is 9.69 Å². The van der Waals surface area contributed by atoms with E-state index in [2.05, 4.69) is 24.1 Å². The van der Waals surface area contributed by atoms with E-state index in [-0.39, 0.29) is 11.9 Å². The molecule has 1 atom stereocenters. The van der Waals surface area contributed by atoms with Gasteiger partial charge < -0.3 is 15.8 Å². The van der Waals surface area contributed by atoms with Gasteiger partial charge in [-0.05, 0) is 12.8 Å². The Morgan fingerprint density at radius 2 is 1.94 bits per heavy atom. The van der Waals surface area contributed by atoms with Gasteiger partial charge in [-0.1, -0.05) is 13.8 Å². The van der Waals surface area contributed by atoms with Gasteiger partial charge in [-0.2, -0.15) is 0 Å². The van der Waals surface area contributed by atoms with E-state index in [9.17, 15) is 4.79 Å². The Balaban J connectivity index is 4.69. The monoisotopic (exact) mass is 259 g/mol. The van der Waals surface area contributed by atoms with Gasteiger partial charge in [0, 0.05) is 45.8 Å². The third-order valence-corrected chi connectivity index (χ3v) is 3.41. The van der Waals surface area contributed by atoms with E-state index >= 15 is 0 Å². The van der Waals surface area contributed by atoms with Crippen molar-refractivity contribution in [1.82, 2.24) is 10.2 Å². The molecule has 0 aromatic carbocycles. The summed E-state index contributed by atoms with van der Waals surface area (Å²) in [6, 6.07) is 0.545. The first-order valence-corrected chi connectivity index (χ1v) is 6.79. The maximum atomic E-state index is 11.5. The summed E-state index contributed by atoms with van der Waals surface area (Å²) < 4.78 is 5.15. The van der Waals surface area contributed by atoms with Crippen molar-refractivity contribution in [1.29, 1.82) is 0 Å². The fourth-order valence-electron chi connectivity index (χ4n) is 2.27. The van der Waals surface area contributed by atoms with Gasteiger partial charge in [0.2, 0.25) is 5.91 Å². The van der Waals surface area contributed by atoms with Crippen molar-refractivity contribution in [2.75, 3.05) is 33.9 Å². The summed E-state index contributed by atoms with van der Waals surface area (Å²) in [6.45, 7) is 6.32. The van der Waals surface area contributed by atoms with Crippen LogP contribution >= 0.6 is 0 Å². The number of ether oxygens (including phenoxy) is 1. The van der Waals surface area contributed by atoms with Crippen LogP contribution in [0.4, 0.5) is 0 Å². The number of amides is 1. The molecule has 0 saturated heterocycles. The van der Waals surface area contributed by atoms with E-state index in [1.807, 2.05) is 0 Å². The van der Waals surface area contributed by atoms with Crippen molar-refractivity contribution in [2.45, 2.75) is 45.2 Å². The minimum Gasteiger partial charge on any atom is -0.383 e. The number of carbonyl (C=O) groups is 1. The molecule has 1 amide bonds. The third kappa shape index (κ3) is 5.80. The van der Waals surface area contributed by atoms with Crippen LogP contribution in [0.3, 0.4) is 0 Å². The van der Waals surface area contributed by atoms with E-state index < -0.39 is 0 Å². The number of nitrogens with two attached hydrogens (primary N) is 1. The lowest BCUT2D eigenvalue weighted by Gasteiger charge is -2.36. The molecule has 0 fully saturated rings. The van der Waals surface area contributed by atoms with Crippen LogP contribution in [0.2, 0.25) is 0 Å². The minimum absolute atomic E-state index is 0.0406. The summed E-state index contributed by atoms with van der Waals surface area (Å²) in [6.07, 6.45) is 2.57. The first kappa shape index (κ1) is 17.4. The molecular formula is C13H29N3O2. The van der Waals surface area contributed by atoms with Crippen LogP contribution < -0.4 is 11.1 Å². The Bertz CT molecular complexity index is 220. The predicted molar refractivity (Wildman–Crippen MR) is 74.5 cm³/mol. The molecule has 0 saturated carbocycles. The standard InChI is InChI=1S/C13H29N3O2/c1-5-11(6-2)16(7-8-18-4)12(10-14)9-13(17)15-3/h11-12H,5-10,14H2,1-4H3,(H,15,17). The van der Waals surface area contributed by atoms with Crippen LogP contribution in [0, 0.1) is 0 Å². The molecule has 0 aromatic heterocycles. The second-order valence-electron chi connectivity index (χ2n) is 4.47. The Labute approximate surface area is 111 Å². The summed E-state index contributed by atoms with van der Waals surface area (Å²) in [4.78, 5) is 13.9. The molecule has 5 heteroatoms. The van der Waals surface area contributed by atoms with Crippen LogP contribution in [-0.4, -0.2) is 56.7 Å². The largest absolute Gasteiger partial charge is 0.383 e. The molecule has 0 aliphatic rings. The van der Waals surface area contributed by atoms with E-state index in [1.165, 1.54) is 0 Å². The van der Waals surface area contributed by atoms with Crippen molar-refractivity contribution >= 4 is 5.91 Å². The Morgan fingerprint density at radius 1 is 1.33 bits per heavy atom. The SMILES string of the molecule is CCC(CC)N(CCOC)C(CN)CC(=O)NC. The average Bonchev–Trinajstić information content (AvgIpc) is 2.40. The molecule has 0 aliphatic heterocycles. The third-order valence-electron chi connectivity index (χ3n) is 3.41. The minimum atomic E-state index is 0.0406. The van der Waals surface area contributed by atoms with Gasteiger partial charge in [0.05, 0.1) is 6.61 Å². The lowest BCUT2D eigenvalue weighted by Crippen LogP contribution is -2.49. The Kier molecular flexibility index (Phi) is 9.92. The fourth-order valence-corrected chi connectivity index (χ4v) is 2.27. The zero-order chi connectivity index (χ0) is 14.0. The molecule has 0 bridgehead atoms. The highest BCUT2D eigenvalue weighted by Crippen LogP contribution is 2.14. The molecule has 3 N–H and O–H groups in total. The fraction of sp³-hybridized carbons (Fsp3) is 0.923. The van der Waals surface area contributed by atoms with Crippen LogP contribution in [-0.2, 0) is 9.53 Å². The lowest BCUT2D eigenvalue weighted by atomic mass is 10.0. The maximum Gasteiger partial charge on any atom is 0.221 e. The molecule has 5 nitrogen and oxygen atoms in total. The normalized spacial score (nSPS) is 13.1. The molecule has 0 aromatic rings. The van der Waals surface area contributed by atoms with Crippen LogP contribution in [0.25, 0.3) is 0 Å². The van der Waals surface area contributed by atoms with Gasteiger partial charge in [0.15, 0.2) is 0 Å². The Morgan fingerprint density at radius 3 is 2.33 bits per heavy atom. The molecule has 0 spiro atoms. The summed E-state index contributed by atoms with van der Waals surface area (Å²) in [7, 11) is 3.35. The smallest absolute Gasteiger partial charge is 0.221 e. The highest BCUT2D eigenvalue weighted by molar-refractivity contribution is 5.76. The van der Waals surface area contributed by atoms with Gasteiger partial charge >= 0.3 is 0 Å². The molecule has 0 aliphatic carbocycles. The number of hydrogen-bond donors (Lipinski definition) is 2. The molecular weight excluding hydrogens is 230 g/mol. The maximum absolute atomic E-state index is 11.5. The van der Waals surface area contributed by atoms with E-state index in [1.54, 1.807) is 14.2 Å². The highest BCUT2D eigenvalue weighted by Gasteiger charge is 2.24. The summed E-state index contributed by atoms with van der Waals surface area (Å²) >= 11 is 0. The average molecular weight is 259 g/mol. The van der Waals surface area contributed by atoms with Gasteiger partial charge in [-0.25, -0.2) is 0 Å². The summed E-state index contributed by atoms with van der Waals surface area (Å²) in [5.41, 5.74) is 5.83. The number of nitrogens with zero attached hydrogens (tertiary/aromatic N) is 1. The number of hydrogen-bond acceptors (Lipinski definition) is 4. The van der Waals surface area contributed by atoms with Crippen LogP contribution in [0.15, 0.2) is 0 Å². The van der Waals surface area contributed by atoms with E-state index in [0.29, 0.717) is 25.6 Å². The predicted octanol–water partition coefficient (Wildman–Crippen LogP) is 0.587. The number of rotatable bonds is 10.